The second-order valence-electron chi connectivity index (χ2n) is 8.72. The molecular formula is C23H33FN2O3. The van der Waals surface area contributed by atoms with Gasteiger partial charge in [0.15, 0.2) is 11.6 Å². The molecule has 1 aromatic rings. The van der Waals surface area contributed by atoms with Crippen molar-refractivity contribution in [1.82, 2.24) is 9.80 Å². The van der Waals surface area contributed by atoms with Crippen LogP contribution in [0.3, 0.4) is 0 Å². The van der Waals surface area contributed by atoms with Gasteiger partial charge < -0.3 is 14.4 Å². The van der Waals surface area contributed by atoms with E-state index >= 15 is 0 Å². The molecule has 0 N–H and O–H groups in total. The van der Waals surface area contributed by atoms with Gasteiger partial charge in [0.2, 0.25) is 0 Å². The minimum absolute atomic E-state index is 0.0472. The van der Waals surface area contributed by atoms with Gasteiger partial charge in [-0.1, -0.05) is 6.42 Å². The second kappa shape index (κ2) is 9.43. The summed E-state index contributed by atoms with van der Waals surface area (Å²) < 4.78 is 25.8. The third kappa shape index (κ3) is 5.10. The summed E-state index contributed by atoms with van der Waals surface area (Å²) in [6, 6.07) is 4.57. The molecule has 2 bridgehead atoms. The Morgan fingerprint density at radius 1 is 1.10 bits per heavy atom. The fourth-order valence-corrected chi connectivity index (χ4v) is 4.74. The van der Waals surface area contributed by atoms with E-state index in [1.165, 1.54) is 18.9 Å². The standard InChI is InChI=1S/C23H33FN2O3/c1-28-21-6-4-12-26-20(21)5-2-3-11-25(16-17-7-8-17)13-14-29-22-15-18(23(26)27)9-10-19(22)24/h9-10,15,17,20-21H,2-8,11-14,16H2,1H3/t20-,21-/m1/s1. The van der Waals surface area contributed by atoms with Gasteiger partial charge in [0, 0.05) is 32.3 Å². The lowest BCUT2D eigenvalue weighted by Crippen LogP contribution is -2.51. The topological polar surface area (TPSA) is 42.0 Å². The van der Waals surface area contributed by atoms with Gasteiger partial charge in [-0.2, -0.15) is 0 Å². The van der Waals surface area contributed by atoms with Gasteiger partial charge >= 0.3 is 0 Å². The van der Waals surface area contributed by atoms with Crippen molar-refractivity contribution in [2.75, 3.05) is 39.9 Å². The highest BCUT2D eigenvalue weighted by atomic mass is 19.1. The minimum Gasteiger partial charge on any atom is -0.489 e. The van der Waals surface area contributed by atoms with Crippen LogP contribution in [0.4, 0.5) is 4.39 Å². The van der Waals surface area contributed by atoms with E-state index in [9.17, 15) is 9.18 Å². The zero-order valence-corrected chi connectivity index (χ0v) is 17.4. The average Bonchev–Trinajstić information content (AvgIpc) is 3.55. The first-order valence-corrected chi connectivity index (χ1v) is 11.1. The number of benzene rings is 1. The number of amides is 1. The maximum absolute atomic E-state index is 14.3. The molecule has 4 rings (SSSR count). The average molecular weight is 405 g/mol. The molecule has 0 radical (unpaired) electrons. The smallest absolute Gasteiger partial charge is 0.254 e. The van der Waals surface area contributed by atoms with E-state index in [0.717, 1.165) is 64.2 Å². The molecule has 5 nitrogen and oxygen atoms in total. The number of rotatable bonds is 3. The van der Waals surface area contributed by atoms with E-state index in [1.54, 1.807) is 19.2 Å². The van der Waals surface area contributed by atoms with Crippen molar-refractivity contribution >= 4 is 5.91 Å². The van der Waals surface area contributed by atoms with Crippen LogP contribution in [0.5, 0.6) is 5.75 Å². The molecule has 2 aliphatic heterocycles. The number of hydrogen-bond donors (Lipinski definition) is 0. The predicted molar refractivity (Wildman–Crippen MR) is 110 cm³/mol. The highest BCUT2D eigenvalue weighted by molar-refractivity contribution is 5.95. The quantitative estimate of drug-likeness (QED) is 0.770. The van der Waals surface area contributed by atoms with Crippen LogP contribution in [0, 0.1) is 11.7 Å². The summed E-state index contributed by atoms with van der Waals surface area (Å²) >= 11 is 0. The summed E-state index contributed by atoms with van der Waals surface area (Å²) in [6.07, 6.45) is 7.75. The molecule has 2 atom stereocenters. The monoisotopic (exact) mass is 404 g/mol. The fraction of sp³-hybridized carbons (Fsp3) is 0.696. The molecular weight excluding hydrogens is 371 g/mol. The van der Waals surface area contributed by atoms with E-state index in [1.807, 2.05) is 4.90 Å². The van der Waals surface area contributed by atoms with Crippen molar-refractivity contribution in [3.8, 4) is 5.75 Å². The SMILES string of the molecule is CO[C@@H]1CCCN2C(=O)c3ccc(F)c(c3)OCCN(CC3CC3)CCCC[C@H]12. The van der Waals surface area contributed by atoms with Crippen LogP contribution in [0.15, 0.2) is 18.2 Å². The largest absolute Gasteiger partial charge is 0.489 e. The Bertz CT molecular complexity index is 709. The Hall–Kier alpha value is -1.66. The van der Waals surface area contributed by atoms with Gasteiger partial charge in [-0.25, -0.2) is 4.39 Å². The van der Waals surface area contributed by atoms with Gasteiger partial charge in [-0.15, -0.1) is 0 Å². The zero-order valence-electron chi connectivity index (χ0n) is 17.4. The molecule has 1 aromatic carbocycles. The number of carbonyl (C=O) groups is 1. The summed E-state index contributed by atoms with van der Waals surface area (Å²) in [5.74, 6) is 0.538. The number of methoxy groups -OCH3 is 1. The third-order valence-corrected chi connectivity index (χ3v) is 6.56. The van der Waals surface area contributed by atoms with E-state index in [0.29, 0.717) is 12.2 Å². The summed E-state index contributed by atoms with van der Waals surface area (Å²) in [4.78, 5) is 17.7. The molecule has 0 unspecified atom stereocenters. The highest BCUT2D eigenvalue weighted by Crippen LogP contribution is 2.31. The van der Waals surface area contributed by atoms with Crippen LogP contribution >= 0.6 is 0 Å². The number of fused-ring (bicyclic) bond motifs is 3. The lowest BCUT2D eigenvalue weighted by Gasteiger charge is -2.41. The Morgan fingerprint density at radius 2 is 1.97 bits per heavy atom. The molecule has 29 heavy (non-hydrogen) atoms. The molecule has 1 saturated carbocycles. The molecule has 1 amide bonds. The molecule has 6 heteroatoms. The van der Waals surface area contributed by atoms with Crippen molar-refractivity contribution in [3.63, 3.8) is 0 Å². The van der Waals surface area contributed by atoms with Crippen LogP contribution in [0.25, 0.3) is 0 Å². The second-order valence-corrected chi connectivity index (χ2v) is 8.72. The Kier molecular flexibility index (Phi) is 6.70. The maximum Gasteiger partial charge on any atom is 0.254 e. The number of hydrogen-bond acceptors (Lipinski definition) is 4. The van der Waals surface area contributed by atoms with Crippen molar-refractivity contribution in [1.29, 1.82) is 0 Å². The summed E-state index contributed by atoms with van der Waals surface area (Å²) in [6.45, 7) is 4.11. The summed E-state index contributed by atoms with van der Waals surface area (Å²) in [5, 5.41) is 0. The molecule has 0 spiro atoms. The first-order valence-electron chi connectivity index (χ1n) is 11.1. The van der Waals surface area contributed by atoms with Crippen molar-refractivity contribution in [2.24, 2.45) is 5.92 Å². The number of carbonyl (C=O) groups excluding carboxylic acids is 1. The maximum atomic E-state index is 14.3. The highest BCUT2D eigenvalue weighted by Gasteiger charge is 2.35. The van der Waals surface area contributed by atoms with E-state index in [4.69, 9.17) is 9.47 Å². The van der Waals surface area contributed by atoms with Crippen LogP contribution < -0.4 is 4.74 Å². The molecule has 160 valence electrons. The van der Waals surface area contributed by atoms with Gasteiger partial charge in [0.25, 0.3) is 5.91 Å². The molecule has 3 aliphatic rings. The third-order valence-electron chi connectivity index (χ3n) is 6.56. The van der Waals surface area contributed by atoms with Crippen LogP contribution in [-0.4, -0.2) is 67.7 Å². The van der Waals surface area contributed by atoms with Gasteiger partial charge in [0.1, 0.15) is 6.61 Å². The first kappa shape index (κ1) is 20.6. The molecule has 1 aliphatic carbocycles. The zero-order chi connectivity index (χ0) is 20.2. The lowest BCUT2D eigenvalue weighted by atomic mass is 9.93. The summed E-state index contributed by atoms with van der Waals surface area (Å²) in [7, 11) is 1.74. The Morgan fingerprint density at radius 3 is 2.76 bits per heavy atom. The van der Waals surface area contributed by atoms with Gasteiger partial charge in [0.05, 0.1) is 12.1 Å². The number of piperidine rings is 1. The van der Waals surface area contributed by atoms with E-state index in [2.05, 4.69) is 4.90 Å². The Labute approximate surface area is 173 Å². The Balaban J connectivity index is 1.57. The van der Waals surface area contributed by atoms with Gasteiger partial charge in [-0.3, -0.25) is 9.69 Å². The molecule has 0 aromatic heterocycles. The summed E-state index contributed by atoms with van der Waals surface area (Å²) in [5.41, 5.74) is 0.495. The predicted octanol–water partition coefficient (Wildman–Crippen LogP) is 3.72. The number of halogens is 1. The normalized spacial score (nSPS) is 27.1. The van der Waals surface area contributed by atoms with E-state index in [-0.39, 0.29) is 23.8 Å². The van der Waals surface area contributed by atoms with Crippen molar-refractivity contribution in [2.45, 2.75) is 57.1 Å². The van der Waals surface area contributed by atoms with E-state index < -0.39 is 5.82 Å². The molecule has 2 fully saturated rings. The van der Waals surface area contributed by atoms with Crippen LogP contribution in [-0.2, 0) is 4.74 Å². The van der Waals surface area contributed by atoms with Crippen molar-refractivity contribution in [3.05, 3.63) is 29.6 Å². The lowest BCUT2D eigenvalue weighted by molar-refractivity contribution is -0.0156. The number of ether oxygens (including phenoxy) is 2. The minimum atomic E-state index is -0.410. The van der Waals surface area contributed by atoms with Crippen LogP contribution in [0.2, 0.25) is 0 Å². The first-order chi connectivity index (χ1) is 14.2. The molecule has 1 saturated heterocycles. The number of nitrogens with zero attached hydrogens (tertiary/aromatic N) is 2. The van der Waals surface area contributed by atoms with Gasteiger partial charge in [-0.05, 0) is 69.2 Å². The molecule has 2 heterocycles. The fourth-order valence-electron chi connectivity index (χ4n) is 4.74. The van der Waals surface area contributed by atoms with Crippen molar-refractivity contribution < 1.29 is 18.7 Å². The van der Waals surface area contributed by atoms with Crippen LogP contribution in [0.1, 0.15) is 55.3 Å².